The van der Waals surface area contributed by atoms with Crippen LogP contribution in [0, 0.1) is 21.4 Å². The molecule has 63 heavy (non-hydrogen) atoms. The molecule has 1 aliphatic carbocycles. The quantitative estimate of drug-likeness (QED) is 0.0912. The Bertz CT molecular complexity index is 2870. The number of aromatic nitrogens is 4. The molecule has 2 N–H and O–H groups in total. The summed E-state index contributed by atoms with van der Waals surface area (Å²) >= 11 is 6.26. The molecule has 0 radical (unpaired) electrons. The minimum absolute atomic E-state index is 0.0351. The van der Waals surface area contributed by atoms with E-state index in [2.05, 4.69) is 55.5 Å². The standard InChI is InChI=1S/C46H50ClN9O6S/c1-46(2)15-12-33(38(25-46)31-4-6-34(47)7-5-31)28-53-18-20-54(21-19-53)35-8-10-37(40(23-35)55-41-22-32-13-16-48-44(32)50-39(41)26-49-55)45(57)51-63(60,61)36-9-11-43(42(24-36)56(58)59)62-29-30-14-17-52(3)27-30/h4-11,13,16,22-24,26,30H,12,14-15,17-21,25,27-29H2,1-3H3,(H,48,50)(H,51,57). The van der Waals surface area contributed by atoms with E-state index >= 15 is 0 Å². The highest BCUT2D eigenvalue weighted by molar-refractivity contribution is 7.90. The van der Waals surface area contributed by atoms with E-state index in [1.807, 2.05) is 43.4 Å². The Morgan fingerprint density at radius 3 is 2.57 bits per heavy atom. The molecule has 9 rings (SSSR count). The Hall–Kier alpha value is -5.81. The number of nitrogens with zero attached hydrogens (tertiary/aromatic N) is 7. The fraction of sp³-hybridized carbons (Fsp3) is 0.370. The number of amides is 1. The normalized spacial score (nSPS) is 18.7. The van der Waals surface area contributed by atoms with Crippen molar-refractivity contribution in [1.29, 1.82) is 0 Å². The number of fused-ring (bicyclic) bond motifs is 2. The second kappa shape index (κ2) is 17.1. The van der Waals surface area contributed by atoms with Gasteiger partial charge in [-0.25, -0.2) is 22.8 Å². The molecule has 3 aromatic heterocycles. The van der Waals surface area contributed by atoms with Gasteiger partial charge in [-0.15, -0.1) is 0 Å². The molecule has 3 aromatic carbocycles. The molecular formula is C46H50ClN9O6S. The summed E-state index contributed by atoms with van der Waals surface area (Å²) in [6, 6.07) is 20.7. The van der Waals surface area contributed by atoms with Crippen LogP contribution in [0.25, 0.3) is 33.3 Å². The Balaban J connectivity index is 0.977. The lowest BCUT2D eigenvalue weighted by Crippen LogP contribution is -2.47. The molecule has 15 nitrogen and oxygen atoms in total. The molecule has 328 valence electrons. The van der Waals surface area contributed by atoms with Crippen molar-refractivity contribution >= 4 is 66.5 Å². The lowest BCUT2D eigenvalue weighted by molar-refractivity contribution is -0.386. The van der Waals surface area contributed by atoms with E-state index in [0.29, 0.717) is 22.4 Å². The molecule has 1 amide bonds. The number of piperazine rings is 1. The third-order valence-electron chi connectivity index (χ3n) is 12.7. The van der Waals surface area contributed by atoms with Crippen molar-refractivity contribution in [3.63, 3.8) is 0 Å². The number of benzene rings is 3. The number of nitro groups is 1. The number of nitro benzene ring substituents is 1. The number of H-pyrrole nitrogens is 1. The van der Waals surface area contributed by atoms with Crippen molar-refractivity contribution < 1.29 is 22.9 Å². The number of allylic oxidation sites excluding steroid dienone is 1. The molecule has 1 atom stereocenters. The van der Waals surface area contributed by atoms with Crippen molar-refractivity contribution in [3.05, 3.63) is 117 Å². The number of carbonyl (C=O) groups is 1. The third kappa shape index (κ3) is 9.03. The van der Waals surface area contributed by atoms with Crippen molar-refractivity contribution in [2.45, 2.75) is 44.4 Å². The molecule has 3 aliphatic rings. The average molecular weight is 892 g/mol. The van der Waals surface area contributed by atoms with Crippen LogP contribution in [0.2, 0.25) is 5.02 Å². The molecule has 17 heteroatoms. The molecule has 0 saturated carbocycles. The van der Waals surface area contributed by atoms with Gasteiger partial charge in [0.25, 0.3) is 15.9 Å². The van der Waals surface area contributed by atoms with E-state index < -0.39 is 31.4 Å². The summed E-state index contributed by atoms with van der Waals surface area (Å²) in [5.74, 6) is -0.757. The molecule has 1 unspecified atom stereocenters. The van der Waals surface area contributed by atoms with Crippen molar-refractivity contribution in [2.75, 3.05) is 64.4 Å². The predicted octanol–water partition coefficient (Wildman–Crippen LogP) is 7.70. The van der Waals surface area contributed by atoms with E-state index in [-0.39, 0.29) is 29.3 Å². The Morgan fingerprint density at radius 2 is 1.83 bits per heavy atom. The van der Waals surface area contributed by atoms with Gasteiger partial charge in [-0.2, -0.15) is 5.10 Å². The predicted molar refractivity (Wildman–Crippen MR) is 244 cm³/mol. The largest absolute Gasteiger partial charge is 0.486 e. The van der Waals surface area contributed by atoms with E-state index in [4.69, 9.17) is 21.3 Å². The first kappa shape index (κ1) is 42.5. The van der Waals surface area contributed by atoms with Gasteiger partial charge in [0, 0.05) is 73.5 Å². The van der Waals surface area contributed by atoms with Gasteiger partial charge in [0.05, 0.1) is 39.4 Å². The second-order valence-electron chi connectivity index (χ2n) is 17.8. The van der Waals surface area contributed by atoms with E-state index in [9.17, 15) is 23.3 Å². The summed E-state index contributed by atoms with van der Waals surface area (Å²) in [4.78, 5) is 39.9. The number of ether oxygens (including phenoxy) is 1. The van der Waals surface area contributed by atoms with Crippen LogP contribution >= 0.6 is 11.6 Å². The minimum Gasteiger partial charge on any atom is -0.486 e. The topological polar surface area (TPSA) is 172 Å². The zero-order valence-electron chi connectivity index (χ0n) is 35.5. The van der Waals surface area contributed by atoms with Crippen LogP contribution in [0.1, 0.15) is 55.5 Å². The number of likely N-dealkylation sites (tertiary alicyclic amines) is 1. The van der Waals surface area contributed by atoms with Gasteiger partial charge in [-0.05, 0) is 110 Å². The monoisotopic (exact) mass is 891 g/mol. The number of anilines is 1. The van der Waals surface area contributed by atoms with Gasteiger partial charge in [-0.1, -0.05) is 43.2 Å². The molecule has 2 fully saturated rings. The fourth-order valence-corrected chi connectivity index (χ4v) is 10.2. The summed E-state index contributed by atoms with van der Waals surface area (Å²) in [6.07, 6.45) is 7.49. The lowest BCUT2D eigenvalue weighted by Gasteiger charge is -2.39. The van der Waals surface area contributed by atoms with E-state index in [0.717, 1.165) is 93.7 Å². The number of hydrogen-bond acceptors (Lipinski definition) is 11. The van der Waals surface area contributed by atoms with Gasteiger partial charge in [0.1, 0.15) is 11.2 Å². The minimum atomic E-state index is -4.58. The summed E-state index contributed by atoms with van der Waals surface area (Å²) in [7, 11) is -2.58. The Labute approximate surface area is 370 Å². The van der Waals surface area contributed by atoms with Crippen molar-refractivity contribution in [3.8, 4) is 11.4 Å². The zero-order chi connectivity index (χ0) is 44.0. The SMILES string of the molecule is CN1CCC(COc2ccc(S(=O)(=O)NC(=O)c3ccc(N4CCN(CC5=C(c6ccc(Cl)cc6)CC(C)(C)CC5)CC4)cc3-n3ncc4nc5[nH]ccc5cc43)cc2[N+](=O)[O-])C1. The highest BCUT2D eigenvalue weighted by atomic mass is 35.5. The average Bonchev–Trinajstić information content (AvgIpc) is 4.02. The van der Waals surface area contributed by atoms with E-state index in [1.165, 1.54) is 28.8 Å². The molecule has 2 aliphatic heterocycles. The maximum absolute atomic E-state index is 14.2. The highest BCUT2D eigenvalue weighted by Gasteiger charge is 2.31. The van der Waals surface area contributed by atoms with Crippen LogP contribution in [0.5, 0.6) is 5.75 Å². The fourth-order valence-electron chi connectivity index (χ4n) is 9.13. The van der Waals surface area contributed by atoms with Gasteiger partial charge >= 0.3 is 5.69 Å². The number of aromatic amines is 1. The number of halogens is 1. The maximum atomic E-state index is 14.2. The number of rotatable bonds is 12. The van der Waals surface area contributed by atoms with Crippen LogP contribution in [-0.2, 0) is 10.0 Å². The summed E-state index contributed by atoms with van der Waals surface area (Å²) < 4.78 is 37.2. The zero-order valence-corrected chi connectivity index (χ0v) is 37.1. The molecule has 5 heterocycles. The number of sulfonamides is 1. The summed E-state index contributed by atoms with van der Waals surface area (Å²) in [6.45, 7) is 10.6. The number of carbonyl (C=O) groups excluding carboxylic acids is 1. The van der Waals surface area contributed by atoms with E-state index in [1.54, 1.807) is 23.1 Å². The highest BCUT2D eigenvalue weighted by Crippen LogP contribution is 2.43. The van der Waals surface area contributed by atoms with Gasteiger partial charge in [0.2, 0.25) is 0 Å². The van der Waals surface area contributed by atoms with Crippen LogP contribution in [0.15, 0.2) is 95.7 Å². The Morgan fingerprint density at radius 1 is 1.03 bits per heavy atom. The number of pyridine rings is 1. The first-order valence-electron chi connectivity index (χ1n) is 21.3. The molecule has 0 spiro atoms. The number of nitrogens with one attached hydrogen (secondary N) is 2. The van der Waals surface area contributed by atoms with Crippen molar-refractivity contribution in [1.82, 2.24) is 34.3 Å². The van der Waals surface area contributed by atoms with Gasteiger partial charge < -0.3 is 19.5 Å². The summed E-state index contributed by atoms with van der Waals surface area (Å²) in [5, 5.41) is 18.3. The van der Waals surface area contributed by atoms with Gasteiger partial charge in [0.15, 0.2) is 5.75 Å². The van der Waals surface area contributed by atoms with Crippen LogP contribution in [-0.4, -0.2) is 108 Å². The molecular weight excluding hydrogens is 842 g/mol. The molecule has 2 saturated heterocycles. The first-order valence-corrected chi connectivity index (χ1v) is 23.1. The second-order valence-corrected chi connectivity index (χ2v) is 19.9. The van der Waals surface area contributed by atoms with Crippen LogP contribution < -0.4 is 14.4 Å². The maximum Gasteiger partial charge on any atom is 0.312 e. The van der Waals surface area contributed by atoms with Gasteiger partial charge in [-0.3, -0.25) is 19.8 Å². The lowest BCUT2D eigenvalue weighted by atomic mass is 9.72. The molecule has 6 aromatic rings. The number of hydrogen-bond donors (Lipinski definition) is 2. The smallest absolute Gasteiger partial charge is 0.312 e. The van der Waals surface area contributed by atoms with Crippen LogP contribution in [0.3, 0.4) is 0 Å². The third-order valence-corrected chi connectivity index (χ3v) is 14.3. The first-order chi connectivity index (χ1) is 30.2. The van der Waals surface area contributed by atoms with Crippen LogP contribution in [0.4, 0.5) is 11.4 Å². The van der Waals surface area contributed by atoms with Crippen molar-refractivity contribution in [2.24, 2.45) is 11.3 Å². The Kier molecular flexibility index (Phi) is 11.5. The summed E-state index contributed by atoms with van der Waals surface area (Å²) in [5.41, 5.74) is 6.96. The molecule has 0 bridgehead atoms.